The van der Waals surface area contributed by atoms with Gasteiger partial charge in [0.05, 0.1) is 19.3 Å². The molecular formula is C25H34O5Si. The second-order valence-corrected chi connectivity index (χ2v) is 15.1. The molecule has 1 aromatic rings. The summed E-state index contributed by atoms with van der Waals surface area (Å²) in [6, 6.07) is 10.1. The topological polar surface area (TPSA) is 54.0 Å². The molecule has 4 rings (SSSR count). The van der Waals surface area contributed by atoms with E-state index in [1.54, 1.807) is 6.08 Å². The average Bonchev–Trinajstić information content (AvgIpc) is 3.21. The SMILES string of the molecule is C=C[C@]12C=C[C@H](OCc3ccccc3)[C@H](O1)[C@@H](O[Si](C)(C)C(C)(C)C)[C@@]21CCOC1=O. The van der Waals surface area contributed by atoms with E-state index < -0.39 is 31.5 Å². The number of cyclic esters (lactones) is 1. The minimum atomic E-state index is -2.22. The van der Waals surface area contributed by atoms with Crippen LogP contribution < -0.4 is 0 Å². The third kappa shape index (κ3) is 3.44. The van der Waals surface area contributed by atoms with E-state index in [1.165, 1.54) is 0 Å². The van der Waals surface area contributed by atoms with Gasteiger partial charge in [0.1, 0.15) is 23.2 Å². The van der Waals surface area contributed by atoms with Gasteiger partial charge < -0.3 is 18.6 Å². The van der Waals surface area contributed by atoms with Crippen molar-refractivity contribution in [1.82, 2.24) is 0 Å². The number of hydrogen-bond donors (Lipinski definition) is 0. The zero-order valence-electron chi connectivity index (χ0n) is 19.2. The van der Waals surface area contributed by atoms with Crippen molar-refractivity contribution in [2.45, 2.75) is 75.8 Å². The van der Waals surface area contributed by atoms with Crippen molar-refractivity contribution >= 4 is 14.3 Å². The van der Waals surface area contributed by atoms with Gasteiger partial charge in [0, 0.05) is 6.42 Å². The van der Waals surface area contributed by atoms with Gasteiger partial charge in [-0.15, -0.1) is 0 Å². The van der Waals surface area contributed by atoms with Gasteiger partial charge in [-0.3, -0.25) is 4.79 Å². The molecule has 1 aromatic carbocycles. The van der Waals surface area contributed by atoms with Crippen molar-refractivity contribution < 1.29 is 23.4 Å². The van der Waals surface area contributed by atoms with Crippen LogP contribution in [0.15, 0.2) is 55.1 Å². The Morgan fingerprint density at radius 2 is 1.97 bits per heavy atom. The highest BCUT2D eigenvalue weighted by atomic mass is 28.4. The number of hydrogen-bond acceptors (Lipinski definition) is 5. The van der Waals surface area contributed by atoms with Crippen LogP contribution >= 0.6 is 0 Å². The van der Waals surface area contributed by atoms with Crippen molar-refractivity contribution in [1.29, 1.82) is 0 Å². The predicted octanol–water partition coefficient (Wildman–Crippen LogP) is 4.79. The van der Waals surface area contributed by atoms with Gasteiger partial charge >= 0.3 is 5.97 Å². The molecular weight excluding hydrogens is 408 g/mol. The summed E-state index contributed by atoms with van der Waals surface area (Å²) in [6.45, 7) is 15.9. The fourth-order valence-electron chi connectivity index (χ4n) is 4.70. The first kappa shape index (κ1) is 22.5. The summed E-state index contributed by atoms with van der Waals surface area (Å²) in [6.07, 6.45) is 5.04. The summed E-state index contributed by atoms with van der Waals surface area (Å²) in [5.41, 5.74) is -0.785. The van der Waals surface area contributed by atoms with E-state index in [9.17, 15) is 4.79 Å². The van der Waals surface area contributed by atoms with Crippen LogP contribution in [0, 0.1) is 5.41 Å². The van der Waals surface area contributed by atoms with Gasteiger partial charge in [-0.25, -0.2) is 0 Å². The number of carbonyl (C=O) groups is 1. The average molecular weight is 443 g/mol. The molecule has 1 spiro atoms. The highest BCUT2D eigenvalue weighted by Gasteiger charge is 2.73. The number of ether oxygens (including phenoxy) is 3. The van der Waals surface area contributed by atoms with E-state index in [2.05, 4.69) is 40.4 Å². The molecule has 0 saturated carbocycles. The summed E-state index contributed by atoms with van der Waals surface area (Å²) in [5, 5.41) is -0.0114. The monoisotopic (exact) mass is 442 g/mol. The molecule has 5 atom stereocenters. The molecule has 31 heavy (non-hydrogen) atoms. The lowest BCUT2D eigenvalue weighted by Crippen LogP contribution is -2.56. The zero-order valence-corrected chi connectivity index (χ0v) is 20.2. The molecule has 0 N–H and O–H groups in total. The molecule has 0 amide bonds. The molecule has 0 radical (unpaired) electrons. The maximum Gasteiger partial charge on any atom is 0.318 e. The minimum absolute atomic E-state index is 0.0114. The zero-order chi connectivity index (χ0) is 22.5. The Morgan fingerprint density at radius 1 is 1.26 bits per heavy atom. The van der Waals surface area contributed by atoms with Crippen LogP contribution in [0.2, 0.25) is 18.1 Å². The Balaban J connectivity index is 1.70. The molecule has 3 aliphatic heterocycles. The lowest BCUT2D eigenvalue weighted by atomic mass is 9.68. The number of esters is 1. The van der Waals surface area contributed by atoms with E-state index in [1.807, 2.05) is 42.5 Å². The molecule has 2 fully saturated rings. The summed E-state index contributed by atoms with van der Waals surface area (Å²) >= 11 is 0. The van der Waals surface area contributed by atoms with E-state index in [4.69, 9.17) is 18.6 Å². The summed E-state index contributed by atoms with van der Waals surface area (Å²) < 4.78 is 25.3. The highest BCUT2D eigenvalue weighted by Crippen LogP contribution is 2.59. The van der Waals surface area contributed by atoms with E-state index >= 15 is 0 Å². The number of rotatable bonds is 6. The van der Waals surface area contributed by atoms with Crippen molar-refractivity contribution in [2.24, 2.45) is 5.41 Å². The smallest absolute Gasteiger partial charge is 0.318 e. The van der Waals surface area contributed by atoms with E-state index in [0.29, 0.717) is 19.6 Å². The maximum absolute atomic E-state index is 13.2. The van der Waals surface area contributed by atoms with Gasteiger partial charge in [0.2, 0.25) is 0 Å². The Hall–Kier alpha value is -1.73. The van der Waals surface area contributed by atoms with E-state index in [-0.39, 0.29) is 17.1 Å². The third-order valence-electron chi connectivity index (χ3n) is 7.58. The third-order valence-corrected chi connectivity index (χ3v) is 12.0. The lowest BCUT2D eigenvalue weighted by Gasteiger charge is -2.43. The summed E-state index contributed by atoms with van der Waals surface area (Å²) in [5.74, 6) is -0.257. The first-order valence-corrected chi connectivity index (χ1v) is 14.0. The fourth-order valence-corrected chi connectivity index (χ4v) is 6.02. The van der Waals surface area contributed by atoms with Crippen molar-refractivity contribution in [2.75, 3.05) is 6.61 Å². The van der Waals surface area contributed by atoms with Gasteiger partial charge in [-0.1, -0.05) is 69.8 Å². The Kier molecular flexibility index (Phi) is 5.57. The summed E-state index contributed by atoms with van der Waals surface area (Å²) in [4.78, 5) is 13.2. The van der Waals surface area contributed by atoms with Crippen LogP contribution in [0.5, 0.6) is 0 Å². The van der Waals surface area contributed by atoms with Crippen LogP contribution in [0.25, 0.3) is 0 Å². The predicted molar refractivity (Wildman–Crippen MR) is 122 cm³/mol. The Bertz CT molecular complexity index is 874. The molecule has 168 valence electrons. The molecule has 3 heterocycles. The van der Waals surface area contributed by atoms with Gasteiger partial charge in [0.25, 0.3) is 0 Å². The first-order valence-electron chi connectivity index (χ1n) is 11.1. The largest absolute Gasteiger partial charge is 0.465 e. The Morgan fingerprint density at radius 3 is 2.55 bits per heavy atom. The van der Waals surface area contributed by atoms with Gasteiger partial charge in [-0.05, 0) is 29.8 Å². The van der Waals surface area contributed by atoms with E-state index in [0.717, 1.165) is 5.56 Å². The number of benzene rings is 1. The molecule has 5 nitrogen and oxygen atoms in total. The van der Waals surface area contributed by atoms with Crippen LogP contribution in [-0.2, 0) is 30.0 Å². The first-order chi connectivity index (χ1) is 14.6. The molecule has 0 aliphatic carbocycles. The standard InChI is InChI=1S/C25H34O5Si/c1-7-24-14-13-19(28-17-18-11-9-8-10-12-18)20(29-24)21(25(24)15-16-27-22(25)26)30-31(5,6)23(2,3)4/h7-14,19-21H,1,15-17H2,2-6H3/t19-,20-,21+,24+,25+/m0/s1. The molecule has 2 saturated heterocycles. The highest BCUT2D eigenvalue weighted by molar-refractivity contribution is 6.74. The van der Waals surface area contributed by atoms with Crippen LogP contribution in [-0.4, -0.2) is 44.8 Å². The second kappa shape index (κ2) is 7.69. The molecule has 2 bridgehead atoms. The van der Waals surface area contributed by atoms with Crippen molar-refractivity contribution in [3.05, 3.63) is 60.7 Å². The fraction of sp³-hybridized carbons (Fsp3) is 0.560. The number of fused-ring (bicyclic) bond motifs is 3. The number of carbonyl (C=O) groups excluding carboxylic acids is 1. The molecule has 0 aromatic heterocycles. The lowest BCUT2D eigenvalue weighted by molar-refractivity contribution is -0.153. The molecule has 3 aliphatic rings. The van der Waals surface area contributed by atoms with Crippen LogP contribution in [0.4, 0.5) is 0 Å². The maximum atomic E-state index is 13.2. The quantitative estimate of drug-likeness (QED) is 0.360. The normalized spacial score (nSPS) is 34.9. The molecule has 6 heteroatoms. The molecule has 0 unspecified atom stereocenters. The van der Waals surface area contributed by atoms with Crippen LogP contribution in [0.3, 0.4) is 0 Å². The van der Waals surface area contributed by atoms with Crippen molar-refractivity contribution in [3.8, 4) is 0 Å². The second-order valence-electron chi connectivity index (χ2n) is 10.4. The van der Waals surface area contributed by atoms with Gasteiger partial charge in [0.15, 0.2) is 8.32 Å². The van der Waals surface area contributed by atoms with Gasteiger partial charge in [-0.2, -0.15) is 0 Å². The Labute approximate surface area is 186 Å². The summed E-state index contributed by atoms with van der Waals surface area (Å²) in [7, 11) is -2.22. The van der Waals surface area contributed by atoms with Crippen LogP contribution in [0.1, 0.15) is 32.8 Å². The minimum Gasteiger partial charge on any atom is -0.465 e. The van der Waals surface area contributed by atoms with Crippen molar-refractivity contribution in [3.63, 3.8) is 0 Å².